The molecule has 0 amide bonds. The van der Waals surface area contributed by atoms with E-state index in [0.29, 0.717) is 11.5 Å². The van der Waals surface area contributed by atoms with E-state index in [0.717, 1.165) is 18.4 Å². The third-order valence-corrected chi connectivity index (χ3v) is 3.01. The van der Waals surface area contributed by atoms with Crippen molar-refractivity contribution in [1.29, 1.82) is 0 Å². The van der Waals surface area contributed by atoms with Crippen LogP contribution >= 0.6 is 0 Å². The molecule has 2 rings (SSSR count). The van der Waals surface area contributed by atoms with E-state index in [1.165, 1.54) is 0 Å². The summed E-state index contributed by atoms with van der Waals surface area (Å²) in [5.74, 6) is 0.291. The van der Waals surface area contributed by atoms with E-state index in [4.69, 9.17) is 0 Å². The normalized spacial score (nSPS) is 24.7. The number of aryl methyl sites for hydroxylation is 1. The summed E-state index contributed by atoms with van der Waals surface area (Å²) in [6.07, 6.45) is 1.22. The Hall–Kier alpha value is -1.42. The molecule has 0 spiro atoms. The predicted molar refractivity (Wildman–Crippen MR) is 55.8 cm³/mol. The largest absolute Gasteiger partial charge is 0.393 e. The predicted octanol–water partition coefficient (Wildman–Crippen LogP) is 2.14. The van der Waals surface area contributed by atoms with Crippen molar-refractivity contribution in [3.05, 3.63) is 39.4 Å². The molecular formula is C11H13NO3. The van der Waals surface area contributed by atoms with Gasteiger partial charge < -0.3 is 5.11 Å². The minimum atomic E-state index is -0.353. The maximum atomic E-state index is 10.7. The van der Waals surface area contributed by atoms with Gasteiger partial charge in [-0.1, -0.05) is 12.1 Å². The molecule has 0 saturated heterocycles. The average Bonchev–Trinajstić information content (AvgIpc) is 2.14. The van der Waals surface area contributed by atoms with Crippen molar-refractivity contribution in [2.75, 3.05) is 0 Å². The van der Waals surface area contributed by atoms with Crippen LogP contribution in [0.3, 0.4) is 0 Å². The Labute approximate surface area is 87.7 Å². The van der Waals surface area contributed by atoms with E-state index >= 15 is 0 Å². The molecule has 0 heterocycles. The van der Waals surface area contributed by atoms with Crippen molar-refractivity contribution in [2.24, 2.45) is 0 Å². The van der Waals surface area contributed by atoms with Gasteiger partial charge >= 0.3 is 0 Å². The van der Waals surface area contributed by atoms with Crippen LogP contribution in [0.15, 0.2) is 18.2 Å². The number of nitro groups is 1. The Morgan fingerprint density at radius 2 is 2.13 bits per heavy atom. The SMILES string of the molecule is Cc1ccc(C2CC(O)C2)cc1[N+](=O)[O-]. The van der Waals surface area contributed by atoms with Crippen LogP contribution in [0.5, 0.6) is 0 Å². The van der Waals surface area contributed by atoms with Crippen molar-refractivity contribution in [3.8, 4) is 0 Å². The lowest BCUT2D eigenvalue weighted by Crippen LogP contribution is -2.26. The summed E-state index contributed by atoms with van der Waals surface area (Å²) in [6, 6.07) is 5.32. The lowest BCUT2D eigenvalue weighted by molar-refractivity contribution is -0.385. The summed E-state index contributed by atoms with van der Waals surface area (Å²) in [6.45, 7) is 1.73. The van der Waals surface area contributed by atoms with Gasteiger partial charge in [-0.3, -0.25) is 10.1 Å². The molecule has 1 aromatic rings. The third kappa shape index (κ3) is 1.85. The van der Waals surface area contributed by atoms with Crippen LogP contribution in [0.1, 0.15) is 29.9 Å². The van der Waals surface area contributed by atoms with Gasteiger partial charge in [-0.25, -0.2) is 0 Å². The minimum absolute atomic E-state index is 0.175. The van der Waals surface area contributed by atoms with Gasteiger partial charge in [0.05, 0.1) is 11.0 Å². The number of rotatable bonds is 2. The standard InChI is InChI=1S/C11H13NO3/c1-7-2-3-8(6-11(7)12(14)15)9-4-10(13)5-9/h2-3,6,9-10,13H,4-5H2,1H3. The van der Waals surface area contributed by atoms with Gasteiger partial charge in [0.15, 0.2) is 0 Å². The lowest BCUT2D eigenvalue weighted by atomic mass is 9.77. The molecule has 1 aliphatic rings. The van der Waals surface area contributed by atoms with Crippen LogP contribution in [-0.4, -0.2) is 16.1 Å². The van der Waals surface area contributed by atoms with Crippen LogP contribution in [0.4, 0.5) is 5.69 Å². The molecule has 1 fully saturated rings. The number of nitrogens with zero attached hydrogens (tertiary/aromatic N) is 1. The summed E-state index contributed by atoms with van der Waals surface area (Å²) in [4.78, 5) is 10.4. The highest BCUT2D eigenvalue weighted by molar-refractivity contribution is 5.44. The molecule has 80 valence electrons. The van der Waals surface area contributed by atoms with Gasteiger partial charge in [-0.05, 0) is 31.2 Å². The first-order valence-electron chi connectivity index (χ1n) is 5.01. The molecule has 15 heavy (non-hydrogen) atoms. The fraction of sp³-hybridized carbons (Fsp3) is 0.455. The summed E-state index contributed by atoms with van der Waals surface area (Å²) in [7, 11) is 0. The number of benzene rings is 1. The van der Waals surface area contributed by atoms with E-state index in [1.54, 1.807) is 19.1 Å². The monoisotopic (exact) mass is 207 g/mol. The number of aliphatic hydroxyl groups is 1. The number of aliphatic hydroxyl groups excluding tert-OH is 1. The van der Waals surface area contributed by atoms with Crippen molar-refractivity contribution in [3.63, 3.8) is 0 Å². The van der Waals surface area contributed by atoms with Gasteiger partial charge in [-0.2, -0.15) is 0 Å². The second kappa shape index (κ2) is 3.62. The van der Waals surface area contributed by atoms with Crippen LogP contribution in [0.2, 0.25) is 0 Å². The van der Waals surface area contributed by atoms with Gasteiger partial charge in [0.2, 0.25) is 0 Å². The average molecular weight is 207 g/mol. The van der Waals surface area contributed by atoms with Crippen LogP contribution in [-0.2, 0) is 0 Å². The van der Waals surface area contributed by atoms with Gasteiger partial charge in [0.1, 0.15) is 0 Å². The van der Waals surface area contributed by atoms with Crippen molar-refractivity contribution < 1.29 is 10.0 Å². The third-order valence-electron chi connectivity index (χ3n) is 3.01. The highest BCUT2D eigenvalue weighted by atomic mass is 16.6. The van der Waals surface area contributed by atoms with Gasteiger partial charge in [0.25, 0.3) is 5.69 Å². The smallest absolute Gasteiger partial charge is 0.272 e. The molecule has 0 aliphatic heterocycles. The van der Waals surface area contributed by atoms with Crippen molar-refractivity contribution >= 4 is 5.69 Å². The Morgan fingerprint density at radius 3 is 2.67 bits per heavy atom. The summed E-state index contributed by atoms with van der Waals surface area (Å²) in [5.41, 5.74) is 1.83. The summed E-state index contributed by atoms with van der Waals surface area (Å²) < 4.78 is 0. The first-order valence-corrected chi connectivity index (χ1v) is 5.01. The van der Waals surface area contributed by atoms with Crippen molar-refractivity contribution in [1.82, 2.24) is 0 Å². The molecule has 1 aromatic carbocycles. The second-order valence-electron chi connectivity index (χ2n) is 4.13. The Morgan fingerprint density at radius 1 is 1.47 bits per heavy atom. The Kier molecular flexibility index (Phi) is 2.44. The zero-order valence-corrected chi connectivity index (χ0v) is 8.51. The molecule has 4 heteroatoms. The van der Waals surface area contributed by atoms with Gasteiger partial charge in [0, 0.05) is 11.6 Å². The maximum absolute atomic E-state index is 10.7. The fourth-order valence-electron chi connectivity index (χ4n) is 1.94. The fourth-order valence-corrected chi connectivity index (χ4v) is 1.94. The number of hydrogen-bond donors (Lipinski definition) is 1. The molecule has 0 atom stereocenters. The van der Waals surface area contributed by atoms with Crippen LogP contribution < -0.4 is 0 Å². The first-order chi connectivity index (χ1) is 7.08. The van der Waals surface area contributed by atoms with E-state index in [1.807, 2.05) is 6.07 Å². The second-order valence-corrected chi connectivity index (χ2v) is 4.13. The molecule has 1 aliphatic carbocycles. The maximum Gasteiger partial charge on any atom is 0.272 e. The summed E-state index contributed by atoms with van der Waals surface area (Å²) >= 11 is 0. The van der Waals surface area contributed by atoms with E-state index < -0.39 is 0 Å². The lowest BCUT2D eigenvalue weighted by Gasteiger charge is -2.31. The molecule has 0 aromatic heterocycles. The Bertz CT molecular complexity index is 397. The van der Waals surface area contributed by atoms with Gasteiger partial charge in [-0.15, -0.1) is 0 Å². The van der Waals surface area contributed by atoms with E-state index in [-0.39, 0.29) is 16.7 Å². The quantitative estimate of drug-likeness (QED) is 0.597. The molecular weight excluding hydrogens is 194 g/mol. The first kappa shape index (κ1) is 10.1. The zero-order valence-electron chi connectivity index (χ0n) is 8.51. The number of nitro benzene ring substituents is 1. The molecule has 1 N–H and O–H groups in total. The number of hydrogen-bond acceptors (Lipinski definition) is 3. The van der Waals surface area contributed by atoms with E-state index in [2.05, 4.69) is 0 Å². The highest BCUT2D eigenvalue weighted by Crippen LogP contribution is 2.38. The van der Waals surface area contributed by atoms with Crippen LogP contribution in [0, 0.1) is 17.0 Å². The topological polar surface area (TPSA) is 63.4 Å². The summed E-state index contributed by atoms with van der Waals surface area (Å²) in [5, 5.41) is 19.9. The molecule has 1 saturated carbocycles. The van der Waals surface area contributed by atoms with Crippen LogP contribution in [0.25, 0.3) is 0 Å². The zero-order chi connectivity index (χ0) is 11.0. The molecule has 0 radical (unpaired) electrons. The van der Waals surface area contributed by atoms with Crippen molar-refractivity contribution in [2.45, 2.75) is 31.8 Å². The minimum Gasteiger partial charge on any atom is -0.393 e. The molecule has 4 nitrogen and oxygen atoms in total. The molecule has 0 bridgehead atoms. The highest BCUT2D eigenvalue weighted by Gasteiger charge is 2.29. The van der Waals surface area contributed by atoms with E-state index in [9.17, 15) is 15.2 Å². The Balaban J connectivity index is 2.27. The molecule has 0 unspecified atom stereocenters.